The minimum absolute atomic E-state index is 0.0696. The van der Waals surface area contributed by atoms with E-state index in [1.165, 1.54) is 24.5 Å². The van der Waals surface area contributed by atoms with Gasteiger partial charge in [0.05, 0.1) is 23.9 Å². The third kappa shape index (κ3) is 4.40. The van der Waals surface area contributed by atoms with E-state index in [9.17, 15) is 24.8 Å². The largest absolute Gasteiger partial charge is 0.868 e. The lowest BCUT2D eigenvalue weighted by molar-refractivity contribution is -0.398. The Hall–Kier alpha value is -3.69. The zero-order chi connectivity index (χ0) is 17.5. The lowest BCUT2D eigenvalue weighted by atomic mass is 10.2. The number of rotatable bonds is 6. The normalized spacial score (nSPS) is 10.5. The molecule has 0 atom stereocenters. The molecule has 0 aliphatic rings. The van der Waals surface area contributed by atoms with Crippen LogP contribution in [-0.4, -0.2) is 29.5 Å². The molecule has 2 amide bonds. The second-order valence-corrected chi connectivity index (χ2v) is 4.44. The summed E-state index contributed by atoms with van der Waals surface area (Å²) in [5.74, 6) is -1.85. The molecule has 0 spiro atoms. The van der Waals surface area contributed by atoms with Crippen molar-refractivity contribution in [2.75, 3.05) is 6.54 Å². The Morgan fingerprint density at radius 1 is 1.33 bits per heavy atom. The van der Waals surface area contributed by atoms with Gasteiger partial charge in [0, 0.05) is 6.07 Å². The van der Waals surface area contributed by atoms with Gasteiger partial charge in [-0.1, -0.05) is 6.07 Å². The van der Waals surface area contributed by atoms with Crippen LogP contribution in [0.1, 0.15) is 16.1 Å². The van der Waals surface area contributed by atoms with Gasteiger partial charge in [-0.2, -0.15) is 5.10 Å². The van der Waals surface area contributed by atoms with Crippen LogP contribution < -0.4 is 15.8 Å². The second-order valence-electron chi connectivity index (χ2n) is 4.44. The zero-order valence-electron chi connectivity index (χ0n) is 12.1. The van der Waals surface area contributed by atoms with Crippen LogP contribution in [0.4, 0.5) is 5.69 Å². The van der Waals surface area contributed by atoms with E-state index >= 15 is 0 Å². The molecule has 2 rings (SSSR count). The molecule has 2 aromatic rings. The lowest BCUT2D eigenvalue weighted by Gasteiger charge is -2.06. The number of nitro benzene ring substituents is 1. The van der Waals surface area contributed by atoms with Gasteiger partial charge in [-0.3, -0.25) is 19.7 Å². The maximum Gasteiger partial charge on any atom is 0.287 e. The number of hydrazone groups is 1. The van der Waals surface area contributed by atoms with Crippen LogP contribution in [0.5, 0.6) is 5.75 Å². The molecule has 1 heterocycles. The molecule has 0 saturated heterocycles. The number of carbonyl (C=O) groups excluding carboxylic acids is 2. The quantitative estimate of drug-likeness (QED) is 0.436. The Kier molecular flexibility index (Phi) is 5.24. The molecule has 0 bridgehead atoms. The van der Waals surface area contributed by atoms with E-state index in [-0.39, 0.29) is 17.9 Å². The van der Waals surface area contributed by atoms with Crippen molar-refractivity contribution in [3.05, 3.63) is 58.0 Å². The number of nitro groups is 1. The van der Waals surface area contributed by atoms with Crippen molar-refractivity contribution in [1.82, 2.24) is 10.7 Å². The summed E-state index contributed by atoms with van der Waals surface area (Å²) in [7, 11) is 0. The van der Waals surface area contributed by atoms with Crippen molar-refractivity contribution in [3.8, 4) is 5.75 Å². The molecule has 24 heavy (non-hydrogen) atoms. The maximum atomic E-state index is 11.5. The van der Waals surface area contributed by atoms with Crippen molar-refractivity contribution in [3.63, 3.8) is 0 Å². The van der Waals surface area contributed by atoms with E-state index < -0.39 is 28.2 Å². The Morgan fingerprint density at radius 3 is 2.75 bits per heavy atom. The number of furan rings is 1. The Bertz CT molecular complexity index is 785. The molecule has 0 unspecified atom stereocenters. The first-order valence-electron chi connectivity index (χ1n) is 6.56. The maximum absolute atomic E-state index is 11.5. The van der Waals surface area contributed by atoms with Gasteiger partial charge >= 0.3 is 0 Å². The smallest absolute Gasteiger partial charge is 0.287 e. The Morgan fingerprint density at radius 2 is 2.12 bits per heavy atom. The first kappa shape index (κ1) is 16.7. The van der Waals surface area contributed by atoms with Crippen LogP contribution >= 0.6 is 0 Å². The molecule has 10 heteroatoms. The minimum Gasteiger partial charge on any atom is -0.868 e. The standard InChI is InChI=1S/C14H12N4O6/c19-11-6-9(3-4-10(11)18(22)23)7-16-17-13(20)8-15-14(21)12-2-1-5-24-12/h1-7,19H,8H2,(H,15,21)(H,17,20)/p-1/b16-7-. The van der Waals surface area contributed by atoms with Crippen molar-refractivity contribution in [2.45, 2.75) is 0 Å². The summed E-state index contributed by atoms with van der Waals surface area (Å²) in [4.78, 5) is 32.8. The predicted molar refractivity (Wildman–Crippen MR) is 79.3 cm³/mol. The van der Waals surface area contributed by atoms with Gasteiger partial charge in [0.25, 0.3) is 17.5 Å². The molecule has 10 nitrogen and oxygen atoms in total. The van der Waals surface area contributed by atoms with Crippen LogP contribution in [0.2, 0.25) is 0 Å². The lowest BCUT2D eigenvalue weighted by Crippen LogP contribution is -2.34. The zero-order valence-corrected chi connectivity index (χ0v) is 12.1. The number of amides is 2. The van der Waals surface area contributed by atoms with Gasteiger partial charge in [0.1, 0.15) is 0 Å². The topological polar surface area (TPSA) is 150 Å². The van der Waals surface area contributed by atoms with E-state index in [2.05, 4.69) is 15.8 Å². The monoisotopic (exact) mass is 331 g/mol. The fraction of sp³-hybridized carbons (Fsp3) is 0.0714. The summed E-state index contributed by atoms with van der Waals surface area (Å²) in [6.45, 7) is -0.329. The minimum atomic E-state index is -0.785. The molecule has 0 aliphatic heterocycles. The van der Waals surface area contributed by atoms with Crippen LogP contribution in [-0.2, 0) is 4.79 Å². The Balaban J connectivity index is 1.83. The fourth-order valence-electron chi connectivity index (χ4n) is 1.64. The van der Waals surface area contributed by atoms with E-state index in [1.807, 2.05) is 0 Å². The van der Waals surface area contributed by atoms with Crippen LogP contribution in [0.3, 0.4) is 0 Å². The predicted octanol–water partition coefficient (Wildman–Crippen LogP) is 0.141. The fourth-order valence-corrected chi connectivity index (χ4v) is 1.64. The molecular weight excluding hydrogens is 320 g/mol. The van der Waals surface area contributed by atoms with Crippen LogP contribution in [0.15, 0.2) is 46.1 Å². The van der Waals surface area contributed by atoms with E-state index in [0.29, 0.717) is 0 Å². The molecule has 1 aromatic heterocycles. The number of benzene rings is 1. The number of nitrogens with zero attached hydrogens (tertiary/aromatic N) is 2. The van der Waals surface area contributed by atoms with Gasteiger partial charge < -0.3 is 14.8 Å². The number of nitrogens with one attached hydrogen (secondary N) is 2. The molecule has 124 valence electrons. The summed E-state index contributed by atoms with van der Waals surface area (Å²) >= 11 is 0. The summed E-state index contributed by atoms with van der Waals surface area (Å²) in [5, 5.41) is 27.9. The average Bonchev–Trinajstić information content (AvgIpc) is 3.07. The van der Waals surface area contributed by atoms with Crippen LogP contribution in [0.25, 0.3) is 0 Å². The van der Waals surface area contributed by atoms with Gasteiger partial charge in [-0.25, -0.2) is 5.43 Å². The molecule has 0 fully saturated rings. The van der Waals surface area contributed by atoms with Crippen molar-refractivity contribution >= 4 is 23.7 Å². The number of hydrogen-bond acceptors (Lipinski definition) is 7. The molecule has 0 radical (unpaired) electrons. The molecule has 2 N–H and O–H groups in total. The third-order valence-electron chi connectivity index (χ3n) is 2.74. The first-order valence-corrected chi connectivity index (χ1v) is 6.56. The highest BCUT2D eigenvalue weighted by Crippen LogP contribution is 2.22. The summed E-state index contributed by atoms with van der Waals surface area (Å²) in [5.41, 5.74) is 1.88. The van der Waals surface area contributed by atoms with Gasteiger partial charge in [0.15, 0.2) is 5.76 Å². The van der Waals surface area contributed by atoms with Gasteiger partial charge in [-0.15, -0.1) is 0 Å². The van der Waals surface area contributed by atoms with Gasteiger partial charge in [-0.05, 0) is 29.5 Å². The molecule has 0 saturated carbocycles. The number of carbonyl (C=O) groups is 2. The van der Waals surface area contributed by atoms with Crippen molar-refractivity contribution < 1.29 is 24.0 Å². The summed E-state index contributed by atoms with van der Waals surface area (Å²) in [6, 6.07) is 6.36. The first-order chi connectivity index (χ1) is 11.5. The molecule has 1 aromatic carbocycles. The SMILES string of the molecule is O=C(CNC(=O)c1ccco1)N/N=C\c1ccc([N+](=O)[O-])c([O-])c1. The van der Waals surface area contributed by atoms with E-state index in [4.69, 9.17) is 4.42 Å². The average molecular weight is 331 g/mol. The van der Waals surface area contributed by atoms with E-state index in [1.54, 1.807) is 0 Å². The number of hydrogen-bond donors (Lipinski definition) is 2. The second kappa shape index (κ2) is 7.54. The summed E-state index contributed by atoms with van der Waals surface area (Å²) in [6.07, 6.45) is 2.48. The molecule has 0 aliphatic carbocycles. The third-order valence-corrected chi connectivity index (χ3v) is 2.74. The van der Waals surface area contributed by atoms with Crippen LogP contribution in [0, 0.1) is 10.1 Å². The Labute approximate surface area is 134 Å². The molecular formula is C14H11N4O6-. The van der Waals surface area contributed by atoms with E-state index in [0.717, 1.165) is 18.3 Å². The summed E-state index contributed by atoms with van der Waals surface area (Å²) < 4.78 is 4.85. The van der Waals surface area contributed by atoms with Crippen molar-refractivity contribution in [2.24, 2.45) is 5.10 Å². The highest BCUT2D eigenvalue weighted by atomic mass is 16.6. The highest BCUT2D eigenvalue weighted by Gasteiger charge is 2.09. The van der Waals surface area contributed by atoms with Gasteiger partial charge in [0.2, 0.25) is 0 Å². The van der Waals surface area contributed by atoms with Crippen molar-refractivity contribution in [1.29, 1.82) is 0 Å². The highest BCUT2D eigenvalue weighted by molar-refractivity contribution is 5.94.